The van der Waals surface area contributed by atoms with Gasteiger partial charge in [-0.15, -0.1) is 0 Å². The molecule has 94 valence electrons. The Morgan fingerprint density at radius 3 is 2.94 bits per heavy atom. The minimum Gasteiger partial charge on any atom is -0.436 e. The molecule has 2 aromatic rings. The predicted molar refractivity (Wildman–Crippen MR) is 73.3 cm³/mol. The van der Waals surface area contributed by atoms with Gasteiger partial charge in [0.25, 0.3) is 0 Å². The lowest BCUT2D eigenvalue weighted by molar-refractivity contribution is 0.301. The van der Waals surface area contributed by atoms with Gasteiger partial charge in [-0.2, -0.15) is 0 Å². The molecule has 0 saturated heterocycles. The molecule has 0 aliphatic carbocycles. The van der Waals surface area contributed by atoms with E-state index in [1.54, 1.807) is 0 Å². The molecular formula is C15H18N2O. The topological polar surface area (TPSA) is 29.3 Å². The van der Waals surface area contributed by atoms with Crippen molar-refractivity contribution in [1.82, 2.24) is 9.88 Å². The van der Waals surface area contributed by atoms with Crippen molar-refractivity contribution in [1.29, 1.82) is 0 Å². The average Bonchev–Trinajstić information content (AvgIpc) is 2.84. The van der Waals surface area contributed by atoms with Crippen molar-refractivity contribution in [3.05, 3.63) is 36.2 Å². The van der Waals surface area contributed by atoms with Gasteiger partial charge in [-0.05, 0) is 31.5 Å². The largest absolute Gasteiger partial charge is 0.436 e. The smallest absolute Gasteiger partial charge is 0.222 e. The van der Waals surface area contributed by atoms with Gasteiger partial charge in [0, 0.05) is 18.7 Å². The van der Waals surface area contributed by atoms with Gasteiger partial charge in [-0.1, -0.05) is 25.1 Å². The Labute approximate surface area is 107 Å². The van der Waals surface area contributed by atoms with E-state index in [4.69, 9.17) is 4.42 Å². The summed E-state index contributed by atoms with van der Waals surface area (Å²) in [6, 6.07) is 7.94. The van der Waals surface area contributed by atoms with Crippen molar-refractivity contribution in [2.24, 2.45) is 0 Å². The maximum Gasteiger partial charge on any atom is 0.222 e. The van der Waals surface area contributed by atoms with Gasteiger partial charge in [0.1, 0.15) is 5.52 Å². The lowest BCUT2D eigenvalue weighted by Gasteiger charge is -2.24. The SMILES string of the molecule is CCCN1CC=C(c2nc3ccccc3o2)CC1. The van der Waals surface area contributed by atoms with Crippen LogP contribution in [-0.2, 0) is 0 Å². The number of hydrogen-bond donors (Lipinski definition) is 0. The highest BCUT2D eigenvalue weighted by molar-refractivity contribution is 5.75. The minimum atomic E-state index is 0.798. The zero-order valence-electron chi connectivity index (χ0n) is 10.7. The molecule has 3 heteroatoms. The van der Waals surface area contributed by atoms with E-state index in [2.05, 4.69) is 22.9 Å². The molecule has 0 saturated carbocycles. The third-order valence-corrected chi connectivity index (χ3v) is 3.40. The van der Waals surface area contributed by atoms with Crippen molar-refractivity contribution >= 4 is 16.7 Å². The molecule has 0 spiro atoms. The molecule has 0 N–H and O–H groups in total. The third kappa shape index (κ3) is 2.18. The Morgan fingerprint density at radius 1 is 1.33 bits per heavy atom. The number of benzene rings is 1. The first-order valence-electron chi connectivity index (χ1n) is 6.64. The fourth-order valence-electron chi connectivity index (χ4n) is 2.43. The van der Waals surface area contributed by atoms with Crippen LogP contribution in [0.3, 0.4) is 0 Å². The molecule has 1 aliphatic heterocycles. The number of aromatic nitrogens is 1. The van der Waals surface area contributed by atoms with E-state index in [1.807, 2.05) is 24.3 Å². The summed E-state index contributed by atoms with van der Waals surface area (Å²) in [6.07, 6.45) is 4.50. The number of para-hydroxylation sites is 2. The summed E-state index contributed by atoms with van der Waals surface area (Å²) >= 11 is 0. The Balaban J connectivity index is 1.83. The normalized spacial score (nSPS) is 17.1. The first-order valence-corrected chi connectivity index (χ1v) is 6.64. The van der Waals surface area contributed by atoms with E-state index in [-0.39, 0.29) is 0 Å². The van der Waals surface area contributed by atoms with E-state index in [0.717, 1.165) is 36.5 Å². The molecule has 0 fully saturated rings. The fourth-order valence-corrected chi connectivity index (χ4v) is 2.43. The minimum absolute atomic E-state index is 0.798. The van der Waals surface area contributed by atoms with Crippen LogP contribution in [0.5, 0.6) is 0 Å². The summed E-state index contributed by atoms with van der Waals surface area (Å²) in [5, 5.41) is 0. The Kier molecular flexibility index (Phi) is 3.15. The molecule has 1 aromatic heterocycles. The van der Waals surface area contributed by atoms with E-state index < -0.39 is 0 Å². The predicted octanol–water partition coefficient (Wildman–Crippen LogP) is 3.33. The van der Waals surface area contributed by atoms with Crippen LogP contribution < -0.4 is 0 Å². The summed E-state index contributed by atoms with van der Waals surface area (Å²) in [5.74, 6) is 0.798. The van der Waals surface area contributed by atoms with Crippen LogP contribution in [0.15, 0.2) is 34.8 Å². The van der Waals surface area contributed by atoms with Crippen LogP contribution >= 0.6 is 0 Å². The summed E-state index contributed by atoms with van der Waals surface area (Å²) in [7, 11) is 0. The summed E-state index contributed by atoms with van der Waals surface area (Å²) in [4.78, 5) is 7.02. The Morgan fingerprint density at radius 2 is 2.22 bits per heavy atom. The van der Waals surface area contributed by atoms with Gasteiger partial charge in [0.2, 0.25) is 5.89 Å². The van der Waals surface area contributed by atoms with E-state index in [9.17, 15) is 0 Å². The third-order valence-electron chi connectivity index (χ3n) is 3.40. The molecule has 0 radical (unpaired) electrons. The van der Waals surface area contributed by atoms with Gasteiger partial charge in [-0.25, -0.2) is 4.98 Å². The monoisotopic (exact) mass is 242 g/mol. The van der Waals surface area contributed by atoms with Crippen LogP contribution in [0.1, 0.15) is 25.7 Å². The maximum atomic E-state index is 5.80. The molecule has 3 rings (SSSR count). The highest BCUT2D eigenvalue weighted by Gasteiger charge is 2.16. The number of fused-ring (bicyclic) bond motifs is 1. The number of rotatable bonds is 3. The lowest BCUT2D eigenvalue weighted by Crippen LogP contribution is -2.29. The second kappa shape index (κ2) is 4.94. The quantitative estimate of drug-likeness (QED) is 0.826. The second-order valence-corrected chi connectivity index (χ2v) is 4.77. The summed E-state index contributed by atoms with van der Waals surface area (Å²) in [5.41, 5.74) is 3.08. The zero-order chi connectivity index (χ0) is 12.4. The van der Waals surface area contributed by atoms with Gasteiger partial charge in [0.15, 0.2) is 5.58 Å². The van der Waals surface area contributed by atoms with Crippen molar-refractivity contribution < 1.29 is 4.42 Å². The molecule has 1 aromatic carbocycles. The molecule has 0 amide bonds. The van der Waals surface area contributed by atoms with E-state index in [1.165, 1.54) is 18.5 Å². The number of hydrogen-bond acceptors (Lipinski definition) is 3. The molecule has 1 aliphatic rings. The standard InChI is InChI=1S/C15H18N2O/c1-2-9-17-10-7-12(8-11-17)15-16-13-5-3-4-6-14(13)18-15/h3-7H,2,8-11H2,1H3. The maximum absolute atomic E-state index is 5.80. The summed E-state index contributed by atoms with van der Waals surface area (Å²) in [6.45, 7) is 5.53. The molecule has 0 unspecified atom stereocenters. The molecule has 0 atom stereocenters. The van der Waals surface area contributed by atoms with Gasteiger partial charge >= 0.3 is 0 Å². The summed E-state index contributed by atoms with van der Waals surface area (Å²) < 4.78 is 5.80. The van der Waals surface area contributed by atoms with Crippen LogP contribution in [0.25, 0.3) is 16.7 Å². The first kappa shape index (κ1) is 11.5. The van der Waals surface area contributed by atoms with Gasteiger partial charge < -0.3 is 4.42 Å². The lowest BCUT2D eigenvalue weighted by atomic mass is 10.1. The Bertz CT molecular complexity index is 538. The first-order chi connectivity index (χ1) is 8.86. The van der Waals surface area contributed by atoms with Crippen LogP contribution in [0, 0.1) is 0 Å². The molecule has 18 heavy (non-hydrogen) atoms. The van der Waals surface area contributed by atoms with Crippen molar-refractivity contribution in [3.63, 3.8) is 0 Å². The molecule has 3 nitrogen and oxygen atoms in total. The molecule has 2 heterocycles. The number of oxazole rings is 1. The zero-order valence-corrected chi connectivity index (χ0v) is 10.7. The van der Waals surface area contributed by atoms with Crippen molar-refractivity contribution in [2.75, 3.05) is 19.6 Å². The second-order valence-electron chi connectivity index (χ2n) is 4.77. The van der Waals surface area contributed by atoms with Gasteiger partial charge in [0.05, 0.1) is 0 Å². The van der Waals surface area contributed by atoms with Gasteiger partial charge in [-0.3, -0.25) is 4.90 Å². The van der Waals surface area contributed by atoms with Crippen LogP contribution in [0.2, 0.25) is 0 Å². The van der Waals surface area contributed by atoms with Crippen LogP contribution in [0.4, 0.5) is 0 Å². The number of nitrogens with zero attached hydrogens (tertiary/aromatic N) is 2. The van der Waals surface area contributed by atoms with Crippen LogP contribution in [-0.4, -0.2) is 29.5 Å². The van der Waals surface area contributed by atoms with E-state index >= 15 is 0 Å². The Hall–Kier alpha value is -1.61. The average molecular weight is 242 g/mol. The fraction of sp³-hybridized carbons (Fsp3) is 0.400. The molecule has 0 bridgehead atoms. The van der Waals surface area contributed by atoms with Crippen molar-refractivity contribution in [2.45, 2.75) is 19.8 Å². The highest BCUT2D eigenvalue weighted by Crippen LogP contribution is 2.25. The van der Waals surface area contributed by atoms with E-state index in [0.29, 0.717) is 0 Å². The molecular weight excluding hydrogens is 224 g/mol. The highest BCUT2D eigenvalue weighted by atomic mass is 16.3. The van der Waals surface area contributed by atoms with Crippen molar-refractivity contribution in [3.8, 4) is 0 Å².